The van der Waals surface area contributed by atoms with E-state index in [0.717, 1.165) is 41.3 Å². The van der Waals surface area contributed by atoms with Crippen LogP contribution in [0, 0.1) is 0 Å². The van der Waals surface area contributed by atoms with Gasteiger partial charge in [-0.15, -0.1) is 11.3 Å². The summed E-state index contributed by atoms with van der Waals surface area (Å²) in [4.78, 5) is 19.2. The standard InChI is InChI=1S/C22H31N3OS/c1-3-4-6-11-21(26)23-18-14-12-17(13-15-18)20-16-27-22(24-20)25(2)19-9-7-5-8-10-19/h12-16,19H,3-11H2,1-2H3,(H,23,26). The van der Waals surface area contributed by atoms with E-state index >= 15 is 0 Å². The van der Waals surface area contributed by atoms with Crippen LogP contribution >= 0.6 is 11.3 Å². The first-order chi connectivity index (χ1) is 13.2. The van der Waals surface area contributed by atoms with Crippen molar-refractivity contribution in [2.24, 2.45) is 0 Å². The summed E-state index contributed by atoms with van der Waals surface area (Å²) < 4.78 is 0. The molecule has 1 N–H and O–H groups in total. The first kappa shape index (κ1) is 19.9. The maximum absolute atomic E-state index is 11.9. The van der Waals surface area contributed by atoms with E-state index in [9.17, 15) is 4.79 Å². The van der Waals surface area contributed by atoms with Gasteiger partial charge in [0.15, 0.2) is 5.13 Å². The number of anilines is 2. The zero-order chi connectivity index (χ0) is 19.1. The van der Waals surface area contributed by atoms with Crippen molar-refractivity contribution in [3.8, 4) is 11.3 Å². The predicted molar refractivity (Wildman–Crippen MR) is 116 cm³/mol. The molecule has 0 radical (unpaired) electrons. The fourth-order valence-electron chi connectivity index (χ4n) is 3.67. The Morgan fingerprint density at radius 1 is 1.19 bits per heavy atom. The van der Waals surface area contributed by atoms with Gasteiger partial charge in [0, 0.05) is 36.1 Å². The Labute approximate surface area is 167 Å². The van der Waals surface area contributed by atoms with E-state index in [1.165, 1.54) is 32.1 Å². The molecule has 0 atom stereocenters. The van der Waals surface area contributed by atoms with Gasteiger partial charge in [0.05, 0.1) is 5.69 Å². The normalized spacial score (nSPS) is 14.9. The molecular formula is C22H31N3OS. The van der Waals surface area contributed by atoms with Crippen LogP contribution in [0.25, 0.3) is 11.3 Å². The highest BCUT2D eigenvalue weighted by Crippen LogP contribution is 2.31. The van der Waals surface area contributed by atoms with Gasteiger partial charge >= 0.3 is 0 Å². The average molecular weight is 386 g/mol. The van der Waals surface area contributed by atoms with Gasteiger partial charge in [0.2, 0.25) is 5.91 Å². The van der Waals surface area contributed by atoms with Crippen molar-refractivity contribution in [3.63, 3.8) is 0 Å². The topological polar surface area (TPSA) is 45.2 Å². The van der Waals surface area contributed by atoms with Crippen LogP contribution in [-0.4, -0.2) is 24.0 Å². The molecule has 4 nitrogen and oxygen atoms in total. The van der Waals surface area contributed by atoms with E-state index in [1.807, 2.05) is 24.3 Å². The molecule has 0 unspecified atom stereocenters. The molecule has 27 heavy (non-hydrogen) atoms. The van der Waals surface area contributed by atoms with Crippen molar-refractivity contribution in [1.29, 1.82) is 0 Å². The monoisotopic (exact) mass is 385 g/mol. The molecule has 1 heterocycles. The number of rotatable bonds is 8. The van der Waals surface area contributed by atoms with E-state index in [1.54, 1.807) is 11.3 Å². The third kappa shape index (κ3) is 5.55. The average Bonchev–Trinajstić information content (AvgIpc) is 3.19. The molecule has 0 aliphatic heterocycles. The number of nitrogens with one attached hydrogen (secondary N) is 1. The molecule has 1 aliphatic rings. The Morgan fingerprint density at radius 3 is 2.63 bits per heavy atom. The molecule has 0 bridgehead atoms. The smallest absolute Gasteiger partial charge is 0.224 e. The Kier molecular flexibility index (Phi) is 7.27. The van der Waals surface area contributed by atoms with Crippen LogP contribution in [-0.2, 0) is 4.79 Å². The molecule has 5 heteroatoms. The summed E-state index contributed by atoms with van der Waals surface area (Å²) in [5.74, 6) is 0.0984. The predicted octanol–water partition coefficient (Wildman–Crippen LogP) is 6.10. The van der Waals surface area contributed by atoms with Crippen molar-refractivity contribution < 1.29 is 4.79 Å². The van der Waals surface area contributed by atoms with Crippen molar-refractivity contribution in [2.75, 3.05) is 17.3 Å². The van der Waals surface area contributed by atoms with Gasteiger partial charge in [0.25, 0.3) is 0 Å². The Balaban J connectivity index is 1.59. The van der Waals surface area contributed by atoms with Gasteiger partial charge in [-0.1, -0.05) is 51.2 Å². The van der Waals surface area contributed by atoms with Crippen molar-refractivity contribution in [1.82, 2.24) is 4.98 Å². The number of hydrogen-bond donors (Lipinski definition) is 1. The van der Waals surface area contributed by atoms with E-state index < -0.39 is 0 Å². The van der Waals surface area contributed by atoms with Crippen molar-refractivity contribution in [2.45, 2.75) is 70.8 Å². The maximum atomic E-state index is 11.9. The molecule has 1 aliphatic carbocycles. The van der Waals surface area contributed by atoms with E-state index in [2.05, 4.69) is 29.6 Å². The highest BCUT2D eigenvalue weighted by atomic mass is 32.1. The summed E-state index contributed by atoms with van der Waals surface area (Å²) in [5, 5.41) is 6.21. The summed E-state index contributed by atoms with van der Waals surface area (Å²) >= 11 is 1.72. The lowest BCUT2D eigenvalue weighted by atomic mass is 9.95. The summed E-state index contributed by atoms with van der Waals surface area (Å²) in [6, 6.07) is 8.65. The van der Waals surface area contributed by atoms with Crippen LogP contribution in [0.15, 0.2) is 29.6 Å². The molecule has 2 aromatic rings. The van der Waals surface area contributed by atoms with Crippen LogP contribution in [0.1, 0.15) is 64.7 Å². The molecule has 146 valence electrons. The van der Waals surface area contributed by atoms with E-state index in [0.29, 0.717) is 12.5 Å². The lowest BCUT2D eigenvalue weighted by Crippen LogP contribution is -2.33. The number of nitrogens with zero attached hydrogens (tertiary/aromatic N) is 2. The lowest BCUT2D eigenvalue weighted by molar-refractivity contribution is -0.116. The minimum absolute atomic E-state index is 0.0984. The number of benzene rings is 1. The fourth-order valence-corrected chi connectivity index (χ4v) is 4.54. The third-order valence-electron chi connectivity index (χ3n) is 5.39. The number of thiazole rings is 1. The lowest BCUT2D eigenvalue weighted by Gasteiger charge is -2.30. The second-order valence-electron chi connectivity index (χ2n) is 7.50. The van der Waals surface area contributed by atoms with Gasteiger partial charge in [0.1, 0.15) is 0 Å². The molecule has 0 spiro atoms. The molecular weight excluding hydrogens is 354 g/mol. The van der Waals surface area contributed by atoms with Crippen molar-refractivity contribution in [3.05, 3.63) is 29.6 Å². The molecule has 3 rings (SSSR count). The first-order valence-electron chi connectivity index (χ1n) is 10.3. The quantitative estimate of drug-likeness (QED) is 0.559. The van der Waals surface area contributed by atoms with E-state index in [4.69, 9.17) is 4.98 Å². The van der Waals surface area contributed by atoms with Gasteiger partial charge in [-0.25, -0.2) is 4.98 Å². The second kappa shape index (κ2) is 9.88. The molecule has 1 saturated carbocycles. The number of carbonyl (C=O) groups excluding carboxylic acids is 1. The number of hydrogen-bond acceptors (Lipinski definition) is 4. The maximum Gasteiger partial charge on any atom is 0.224 e. The fraction of sp³-hybridized carbons (Fsp3) is 0.545. The number of carbonyl (C=O) groups is 1. The van der Waals surface area contributed by atoms with Crippen LogP contribution in [0.5, 0.6) is 0 Å². The number of aromatic nitrogens is 1. The summed E-state index contributed by atoms with van der Waals surface area (Å²) in [7, 11) is 2.18. The minimum Gasteiger partial charge on any atom is -0.348 e. The SMILES string of the molecule is CCCCCC(=O)Nc1ccc(-c2csc(N(C)C3CCCCC3)n2)cc1. The number of unbranched alkanes of at least 4 members (excludes halogenated alkanes) is 2. The van der Waals surface area contributed by atoms with Crippen LogP contribution in [0.4, 0.5) is 10.8 Å². The Bertz CT molecular complexity index is 719. The van der Waals surface area contributed by atoms with Gasteiger partial charge in [-0.05, 0) is 31.4 Å². The third-order valence-corrected chi connectivity index (χ3v) is 6.32. The molecule has 1 amide bonds. The largest absolute Gasteiger partial charge is 0.348 e. The van der Waals surface area contributed by atoms with Crippen molar-refractivity contribution >= 4 is 28.1 Å². The first-order valence-corrected chi connectivity index (χ1v) is 11.1. The second-order valence-corrected chi connectivity index (χ2v) is 8.34. The minimum atomic E-state index is 0.0984. The number of amides is 1. The summed E-state index contributed by atoms with van der Waals surface area (Å²) in [5.41, 5.74) is 2.96. The molecule has 1 aromatic heterocycles. The highest BCUT2D eigenvalue weighted by Gasteiger charge is 2.20. The van der Waals surface area contributed by atoms with Crippen LogP contribution in [0.2, 0.25) is 0 Å². The zero-order valence-corrected chi connectivity index (χ0v) is 17.4. The molecule has 0 saturated heterocycles. The Hall–Kier alpha value is -1.88. The highest BCUT2D eigenvalue weighted by molar-refractivity contribution is 7.14. The molecule has 1 aromatic carbocycles. The summed E-state index contributed by atoms with van der Waals surface area (Å²) in [6.45, 7) is 2.15. The van der Waals surface area contributed by atoms with E-state index in [-0.39, 0.29) is 5.91 Å². The Morgan fingerprint density at radius 2 is 1.93 bits per heavy atom. The molecule has 1 fully saturated rings. The van der Waals surface area contributed by atoms with Gasteiger partial charge in [-0.2, -0.15) is 0 Å². The van der Waals surface area contributed by atoms with Crippen LogP contribution < -0.4 is 10.2 Å². The summed E-state index contributed by atoms with van der Waals surface area (Å²) in [6.07, 6.45) is 10.4. The van der Waals surface area contributed by atoms with Gasteiger partial charge in [-0.3, -0.25) is 4.79 Å². The van der Waals surface area contributed by atoms with Crippen LogP contribution in [0.3, 0.4) is 0 Å². The zero-order valence-electron chi connectivity index (χ0n) is 16.5. The van der Waals surface area contributed by atoms with Gasteiger partial charge < -0.3 is 10.2 Å².